The zero-order valence-corrected chi connectivity index (χ0v) is 13.0. The number of amides is 1. The smallest absolute Gasteiger partial charge is 0.220 e. The number of carbonyl (C=O) groups is 1. The van der Waals surface area contributed by atoms with Crippen molar-refractivity contribution in [2.24, 2.45) is 0 Å². The number of nitrogens with zero attached hydrogens (tertiary/aromatic N) is 2. The fourth-order valence-corrected chi connectivity index (χ4v) is 2.72. The Balaban J connectivity index is 1.33. The third-order valence-electron chi connectivity index (χ3n) is 3.92. The number of benzene rings is 2. The van der Waals surface area contributed by atoms with Gasteiger partial charge in [-0.3, -0.25) is 4.79 Å². The lowest BCUT2D eigenvalue weighted by atomic mass is 10.3. The van der Waals surface area contributed by atoms with Crippen molar-refractivity contribution in [2.75, 3.05) is 0 Å². The van der Waals surface area contributed by atoms with E-state index in [0.717, 1.165) is 33.7 Å². The van der Waals surface area contributed by atoms with Gasteiger partial charge < -0.3 is 15.3 Å². The molecular weight excluding hydrogens is 302 g/mol. The van der Waals surface area contributed by atoms with Crippen LogP contribution >= 0.6 is 0 Å². The summed E-state index contributed by atoms with van der Waals surface area (Å²) in [5.74, 6) is 1.57. The molecule has 0 aliphatic heterocycles. The summed E-state index contributed by atoms with van der Waals surface area (Å²) >= 11 is 0. The molecule has 0 saturated heterocycles. The van der Waals surface area contributed by atoms with Gasteiger partial charge in [0.15, 0.2) is 0 Å². The minimum atomic E-state index is -0.0177. The number of carbonyl (C=O) groups excluding carboxylic acids is 1. The molecule has 0 bridgehead atoms. The van der Waals surface area contributed by atoms with Crippen LogP contribution in [0.5, 0.6) is 0 Å². The van der Waals surface area contributed by atoms with Crippen LogP contribution in [0.15, 0.2) is 48.5 Å². The van der Waals surface area contributed by atoms with Gasteiger partial charge in [-0.1, -0.05) is 24.3 Å². The van der Waals surface area contributed by atoms with E-state index in [4.69, 9.17) is 0 Å². The van der Waals surface area contributed by atoms with Gasteiger partial charge in [-0.15, -0.1) is 0 Å². The number of nitrogens with one attached hydrogen (secondary N) is 3. The Bertz CT molecular complexity index is 855. The van der Waals surface area contributed by atoms with E-state index in [1.165, 1.54) is 0 Å². The van der Waals surface area contributed by atoms with Crippen molar-refractivity contribution in [2.45, 2.75) is 19.4 Å². The predicted octanol–water partition coefficient (Wildman–Crippen LogP) is 2.69. The van der Waals surface area contributed by atoms with Crippen LogP contribution < -0.4 is 5.32 Å². The number of fused-ring (bicyclic) bond motifs is 2. The average molecular weight is 319 g/mol. The molecule has 6 heteroatoms. The molecule has 0 aliphatic carbocycles. The highest BCUT2D eigenvalue weighted by molar-refractivity contribution is 5.78. The van der Waals surface area contributed by atoms with Gasteiger partial charge in [0, 0.05) is 12.8 Å². The van der Waals surface area contributed by atoms with Crippen molar-refractivity contribution in [1.29, 1.82) is 0 Å². The molecule has 0 aliphatic rings. The maximum atomic E-state index is 12.0. The van der Waals surface area contributed by atoms with E-state index in [2.05, 4.69) is 25.3 Å². The Kier molecular flexibility index (Phi) is 3.70. The van der Waals surface area contributed by atoms with E-state index in [1.807, 2.05) is 48.5 Å². The average Bonchev–Trinajstić information content (AvgIpc) is 3.21. The molecule has 2 aromatic heterocycles. The van der Waals surface area contributed by atoms with Gasteiger partial charge in [-0.05, 0) is 24.3 Å². The van der Waals surface area contributed by atoms with E-state index in [0.29, 0.717) is 19.4 Å². The molecule has 0 radical (unpaired) electrons. The first-order valence-electron chi connectivity index (χ1n) is 7.92. The van der Waals surface area contributed by atoms with Crippen LogP contribution in [0, 0.1) is 0 Å². The van der Waals surface area contributed by atoms with Crippen LogP contribution in [0.1, 0.15) is 18.1 Å². The highest BCUT2D eigenvalue weighted by Gasteiger charge is 2.07. The number of hydrogen-bond donors (Lipinski definition) is 3. The van der Waals surface area contributed by atoms with Gasteiger partial charge in [0.2, 0.25) is 5.91 Å². The van der Waals surface area contributed by atoms with E-state index < -0.39 is 0 Å². The van der Waals surface area contributed by atoms with E-state index in [1.54, 1.807) is 0 Å². The first-order valence-corrected chi connectivity index (χ1v) is 7.92. The minimum absolute atomic E-state index is 0.0177. The Hall–Kier alpha value is -3.15. The van der Waals surface area contributed by atoms with Crippen molar-refractivity contribution >= 4 is 28.0 Å². The standard InChI is InChI=1S/C18H17N5O/c24-18(10-9-16-20-12-5-1-2-6-13(12)21-16)19-11-17-22-14-7-3-4-8-15(14)23-17/h1-8H,9-11H2,(H,19,24)(H,20,21)(H,22,23). The lowest BCUT2D eigenvalue weighted by Crippen LogP contribution is -2.23. The highest BCUT2D eigenvalue weighted by atomic mass is 16.1. The summed E-state index contributed by atoms with van der Waals surface area (Å²) in [5.41, 5.74) is 3.80. The summed E-state index contributed by atoms with van der Waals surface area (Å²) in [6.07, 6.45) is 0.973. The molecule has 0 saturated carbocycles. The van der Waals surface area contributed by atoms with E-state index >= 15 is 0 Å². The quantitative estimate of drug-likeness (QED) is 0.528. The fraction of sp³-hybridized carbons (Fsp3) is 0.167. The van der Waals surface area contributed by atoms with Crippen molar-refractivity contribution in [3.05, 3.63) is 60.2 Å². The SMILES string of the molecule is O=C(CCc1nc2ccccc2[nH]1)NCc1nc2ccccc2[nH]1. The minimum Gasteiger partial charge on any atom is -0.349 e. The molecule has 4 rings (SSSR count). The van der Waals surface area contributed by atoms with Gasteiger partial charge in [0.05, 0.1) is 28.6 Å². The van der Waals surface area contributed by atoms with Gasteiger partial charge in [0.25, 0.3) is 0 Å². The van der Waals surface area contributed by atoms with Crippen molar-refractivity contribution in [3.8, 4) is 0 Å². The molecule has 0 spiro atoms. The first-order chi connectivity index (χ1) is 11.8. The molecular formula is C18H17N5O. The Morgan fingerprint density at radius 2 is 1.46 bits per heavy atom. The number of hydrogen-bond acceptors (Lipinski definition) is 3. The maximum Gasteiger partial charge on any atom is 0.220 e. The second-order valence-corrected chi connectivity index (χ2v) is 5.68. The van der Waals surface area contributed by atoms with Crippen molar-refractivity contribution < 1.29 is 4.79 Å². The number of para-hydroxylation sites is 4. The van der Waals surface area contributed by atoms with E-state index in [-0.39, 0.29) is 5.91 Å². The summed E-state index contributed by atoms with van der Waals surface area (Å²) in [6.45, 7) is 0.396. The summed E-state index contributed by atoms with van der Waals surface area (Å²) in [5, 5.41) is 2.89. The van der Waals surface area contributed by atoms with Crippen LogP contribution in [0.3, 0.4) is 0 Å². The van der Waals surface area contributed by atoms with Crippen LogP contribution in [0.4, 0.5) is 0 Å². The molecule has 2 aromatic carbocycles. The Morgan fingerprint density at radius 3 is 2.12 bits per heavy atom. The molecule has 6 nitrogen and oxygen atoms in total. The number of H-pyrrole nitrogens is 2. The fourth-order valence-electron chi connectivity index (χ4n) is 2.72. The second-order valence-electron chi connectivity index (χ2n) is 5.68. The molecule has 120 valence electrons. The van der Waals surface area contributed by atoms with Crippen molar-refractivity contribution in [3.63, 3.8) is 0 Å². The molecule has 1 amide bonds. The first kappa shape index (κ1) is 14.4. The third kappa shape index (κ3) is 2.99. The number of rotatable bonds is 5. The second kappa shape index (κ2) is 6.16. The number of aryl methyl sites for hydroxylation is 1. The lowest BCUT2D eigenvalue weighted by molar-refractivity contribution is -0.121. The normalized spacial score (nSPS) is 11.2. The zero-order chi connectivity index (χ0) is 16.4. The van der Waals surface area contributed by atoms with Gasteiger partial charge >= 0.3 is 0 Å². The Morgan fingerprint density at radius 1 is 0.875 bits per heavy atom. The molecule has 2 heterocycles. The van der Waals surface area contributed by atoms with Crippen LogP contribution in [-0.2, 0) is 17.8 Å². The summed E-state index contributed by atoms with van der Waals surface area (Å²) in [7, 11) is 0. The number of aromatic nitrogens is 4. The van der Waals surface area contributed by atoms with Gasteiger partial charge in [-0.25, -0.2) is 9.97 Å². The molecule has 0 unspecified atom stereocenters. The summed E-state index contributed by atoms with van der Waals surface area (Å²) < 4.78 is 0. The monoisotopic (exact) mass is 319 g/mol. The number of aromatic amines is 2. The molecule has 24 heavy (non-hydrogen) atoms. The van der Waals surface area contributed by atoms with Crippen molar-refractivity contribution in [1.82, 2.24) is 25.3 Å². The van der Waals surface area contributed by atoms with Crippen LogP contribution in [0.2, 0.25) is 0 Å². The molecule has 0 atom stereocenters. The number of imidazole rings is 2. The zero-order valence-electron chi connectivity index (χ0n) is 13.0. The van der Waals surface area contributed by atoms with Gasteiger partial charge in [0.1, 0.15) is 11.6 Å². The Labute approximate surface area is 138 Å². The summed E-state index contributed by atoms with van der Waals surface area (Å²) in [4.78, 5) is 27.4. The highest BCUT2D eigenvalue weighted by Crippen LogP contribution is 2.12. The summed E-state index contributed by atoms with van der Waals surface area (Å²) in [6, 6.07) is 15.7. The molecule has 0 fully saturated rings. The largest absolute Gasteiger partial charge is 0.349 e. The maximum absolute atomic E-state index is 12.0. The van der Waals surface area contributed by atoms with E-state index in [9.17, 15) is 4.79 Å². The molecule has 3 N–H and O–H groups in total. The van der Waals surface area contributed by atoms with Gasteiger partial charge in [-0.2, -0.15) is 0 Å². The van der Waals surface area contributed by atoms with Crippen LogP contribution in [0.25, 0.3) is 22.1 Å². The molecule has 4 aromatic rings. The van der Waals surface area contributed by atoms with Crippen LogP contribution in [-0.4, -0.2) is 25.8 Å². The predicted molar refractivity (Wildman–Crippen MR) is 92.4 cm³/mol. The third-order valence-corrected chi connectivity index (χ3v) is 3.92. The lowest BCUT2D eigenvalue weighted by Gasteiger charge is -2.02. The topological polar surface area (TPSA) is 86.5 Å².